The molecule has 22 heavy (non-hydrogen) atoms. The van der Waals surface area contributed by atoms with Gasteiger partial charge in [0.05, 0.1) is 4.90 Å². The molecule has 0 amide bonds. The average Bonchev–Trinajstić information content (AvgIpc) is 2.47. The van der Waals surface area contributed by atoms with Crippen LogP contribution in [0, 0.1) is 0 Å². The van der Waals surface area contributed by atoms with Crippen LogP contribution in [0.25, 0.3) is 11.1 Å². The fraction of sp³-hybridized carbons (Fsp3) is 0.118. The fourth-order valence-electron chi connectivity index (χ4n) is 2.31. The summed E-state index contributed by atoms with van der Waals surface area (Å²) in [7, 11) is -4.24. The summed E-state index contributed by atoms with van der Waals surface area (Å²) < 4.78 is 31.2. The van der Waals surface area contributed by atoms with E-state index >= 15 is 0 Å². The molecule has 2 rings (SSSR count). The quantitative estimate of drug-likeness (QED) is 0.533. The van der Waals surface area contributed by atoms with Crippen LogP contribution >= 0.6 is 0 Å². The molecule has 1 N–H and O–H groups in total. The van der Waals surface area contributed by atoms with Gasteiger partial charge in [0, 0.05) is 5.57 Å². The first-order valence-electron chi connectivity index (χ1n) is 6.66. The van der Waals surface area contributed by atoms with E-state index in [1.807, 2.05) is 37.3 Å². The number of benzene rings is 2. The van der Waals surface area contributed by atoms with Crippen LogP contribution in [0.3, 0.4) is 0 Å². The van der Waals surface area contributed by atoms with Gasteiger partial charge in [-0.25, -0.2) is 0 Å². The molecular weight excluding hydrogens is 300 g/mol. The zero-order valence-electron chi connectivity index (χ0n) is 12.3. The fourth-order valence-corrected chi connectivity index (χ4v) is 2.79. The van der Waals surface area contributed by atoms with E-state index in [1.165, 1.54) is 31.2 Å². The molecule has 5 heteroatoms. The van der Waals surface area contributed by atoms with Gasteiger partial charge in [-0.1, -0.05) is 42.5 Å². The minimum atomic E-state index is -4.24. The van der Waals surface area contributed by atoms with Crippen molar-refractivity contribution in [3.63, 3.8) is 0 Å². The second kappa shape index (κ2) is 6.25. The molecule has 2 aromatic carbocycles. The van der Waals surface area contributed by atoms with Gasteiger partial charge in [0.1, 0.15) is 0 Å². The van der Waals surface area contributed by atoms with Gasteiger partial charge >= 0.3 is 0 Å². The zero-order valence-corrected chi connectivity index (χ0v) is 13.1. The second-order valence-electron chi connectivity index (χ2n) is 4.92. The Labute approximate surface area is 129 Å². The van der Waals surface area contributed by atoms with Crippen molar-refractivity contribution < 1.29 is 17.8 Å². The van der Waals surface area contributed by atoms with Crippen LogP contribution < -0.4 is 0 Å². The molecule has 0 aliphatic heterocycles. The normalized spacial score (nSPS) is 12.7. The molecule has 114 valence electrons. The topological polar surface area (TPSA) is 71.4 Å². The summed E-state index contributed by atoms with van der Waals surface area (Å²) >= 11 is 0. The van der Waals surface area contributed by atoms with E-state index in [0.29, 0.717) is 11.1 Å². The van der Waals surface area contributed by atoms with Crippen molar-refractivity contribution in [1.82, 2.24) is 0 Å². The maximum absolute atomic E-state index is 12.0. The van der Waals surface area contributed by atoms with E-state index in [0.717, 1.165) is 11.1 Å². The number of allylic oxidation sites excluding steroid dienone is 2. The predicted octanol–water partition coefficient (Wildman–Crippen LogP) is 3.45. The number of hydrogen-bond acceptors (Lipinski definition) is 3. The van der Waals surface area contributed by atoms with Crippen molar-refractivity contribution in [2.75, 3.05) is 0 Å². The smallest absolute Gasteiger partial charge is 0.294 e. The lowest BCUT2D eigenvalue weighted by molar-refractivity contribution is -0.111. The third-order valence-corrected chi connectivity index (χ3v) is 4.24. The Morgan fingerprint density at radius 3 is 1.86 bits per heavy atom. The molecular formula is C17H16O4S. The summed E-state index contributed by atoms with van der Waals surface area (Å²) in [5.74, 6) is -0.110. The summed E-state index contributed by atoms with van der Waals surface area (Å²) in [4.78, 5) is 11.8. The number of Topliss-reactive ketones (excluding diaryl/α,β-unsaturated/α-hetero) is 1. The maximum atomic E-state index is 12.0. The lowest BCUT2D eigenvalue weighted by Crippen LogP contribution is -2.02. The summed E-state index contributed by atoms with van der Waals surface area (Å²) in [6, 6.07) is 15.1. The Morgan fingerprint density at radius 1 is 0.864 bits per heavy atom. The van der Waals surface area contributed by atoms with E-state index < -0.39 is 10.1 Å². The third-order valence-electron chi connectivity index (χ3n) is 3.37. The largest absolute Gasteiger partial charge is 0.294 e. The lowest BCUT2D eigenvalue weighted by Gasteiger charge is -2.11. The van der Waals surface area contributed by atoms with Gasteiger partial charge in [0.15, 0.2) is 5.78 Å². The van der Waals surface area contributed by atoms with Crippen molar-refractivity contribution >= 4 is 27.0 Å². The van der Waals surface area contributed by atoms with Crippen molar-refractivity contribution in [3.05, 3.63) is 65.7 Å². The van der Waals surface area contributed by atoms with Gasteiger partial charge in [-0.2, -0.15) is 8.42 Å². The molecule has 0 saturated carbocycles. The van der Waals surface area contributed by atoms with Gasteiger partial charge in [0.25, 0.3) is 10.1 Å². The van der Waals surface area contributed by atoms with Crippen LogP contribution in [-0.4, -0.2) is 18.8 Å². The molecule has 0 aromatic heterocycles. The molecule has 0 atom stereocenters. The SMILES string of the molecule is CC(=O)/C(=C(\C)c1ccccc1)c1ccc(S(=O)(=O)O)cc1. The standard InChI is InChI=1S/C17H16O4S/c1-12(14-6-4-3-5-7-14)17(13(2)18)15-8-10-16(11-9-15)22(19,20)21/h3-11H,1-2H3,(H,19,20,21)/b17-12-. The maximum Gasteiger partial charge on any atom is 0.294 e. The molecule has 0 heterocycles. The van der Waals surface area contributed by atoms with E-state index in [-0.39, 0.29) is 10.7 Å². The molecule has 0 aliphatic carbocycles. The van der Waals surface area contributed by atoms with Crippen LogP contribution in [0.15, 0.2) is 59.5 Å². The van der Waals surface area contributed by atoms with E-state index in [9.17, 15) is 13.2 Å². The summed E-state index contributed by atoms with van der Waals surface area (Å²) in [6.07, 6.45) is 0. The Morgan fingerprint density at radius 2 is 1.41 bits per heavy atom. The molecule has 0 aliphatic rings. The number of hydrogen-bond donors (Lipinski definition) is 1. The van der Waals surface area contributed by atoms with Crippen LogP contribution in [0.5, 0.6) is 0 Å². The van der Waals surface area contributed by atoms with Gasteiger partial charge in [0.2, 0.25) is 0 Å². The number of rotatable bonds is 4. The third kappa shape index (κ3) is 3.50. The van der Waals surface area contributed by atoms with Crippen molar-refractivity contribution in [1.29, 1.82) is 0 Å². The van der Waals surface area contributed by atoms with Gasteiger partial charge in [-0.15, -0.1) is 0 Å². The molecule has 4 nitrogen and oxygen atoms in total. The highest BCUT2D eigenvalue weighted by Gasteiger charge is 2.14. The average molecular weight is 316 g/mol. The molecule has 0 fully saturated rings. The highest BCUT2D eigenvalue weighted by atomic mass is 32.2. The second-order valence-corrected chi connectivity index (χ2v) is 6.34. The van der Waals surface area contributed by atoms with Crippen LogP contribution in [0.2, 0.25) is 0 Å². The van der Waals surface area contributed by atoms with Crippen LogP contribution in [0.1, 0.15) is 25.0 Å². The van der Waals surface area contributed by atoms with Crippen molar-refractivity contribution in [3.8, 4) is 0 Å². The monoisotopic (exact) mass is 316 g/mol. The Balaban J connectivity index is 2.56. The first kappa shape index (κ1) is 16.1. The minimum Gasteiger partial charge on any atom is -0.294 e. The number of carbonyl (C=O) groups excluding carboxylic acids is 1. The van der Waals surface area contributed by atoms with Gasteiger partial charge < -0.3 is 0 Å². The minimum absolute atomic E-state index is 0.110. The van der Waals surface area contributed by atoms with Gasteiger partial charge in [-0.05, 0) is 42.7 Å². The van der Waals surface area contributed by atoms with Crippen molar-refractivity contribution in [2.24, 2.45) is 0 Å². The predicted molar refractivity (Wildman–Crippen MR) is 85.9 cm³/mol. The highest BCUT2D eigenvalue weighted by molar-refractivity contribution is 7.85. The summed E-state index contributed by atoms with van der Waals surface area (Å²) in [5.41, 5.74) is 2.87. The van der Waals surface area contributed by atoms with Gasteiger partial charge in [-0.3, -0.25) is 9.35 Å². The Bertz CT molecular complexity index is 817. The number of ketones is 1. The zero-order chi connectivity index (χ0) is 16.3. The summed E-state index contributed by atoms with van der Waals surface area (Å²) in [6.45, 7) is 3.32. The lowest BCUT2D eigenvalue weighted by atomic mass is 9.93. The molecule has 0 unspecified atom stereocenters. The summed E-state index contributed by atoms with van der Waals surface area (Å²) in [5, 5.41) is 0. The molecule has 0 bridgehead atoms. The Hall–Kier alpha value is -2.24. The molecule has 2 aromatic rings. The molecule has 0 radical (unpaired) electrons. The highest BCUT2D eigenvalue weighted by Crippen LogP contribution is 2.27. The Kier molecular flexibility index (Phi) is 4.59. The van der Waals surface area contributed by atoms with E-state index in [4.69, 9.17) is 4.55 Å². The van der Waals surface area contributed by atoms with E-state index in [2.05, 4.69) is 0 Å². The first-order valence-corrected chi connectivity index (χ1v) is 8.10. The van der Waals surface area contributed by atoms with Crippen LogP contribution in [0.4, 0.5) is 0 Å². The first-order chi connectivity index (χ1) is 10.3. The number of carbonyl (C=O) groups is 1. The van der Waals surface area contributed by atoms with Crippen LogP contribution in [-0.2, 0) is 14.9 Å². The van der Waals surface area contributed by atoms with E-state index in [1.54, 1.807) is 0 Å². The van der Waals surface area contributed by atoms with Crippen molar-refractivity contribution in [2.45, 2.75) is 18.7 Å². The molecule has 0 saturated heterocycles. The molecule has 0 spiro atoms.